The van der Waals surface area contributed by atoms with Crippen molar-refractivity contribution in [1.29, 1.82) is 0 Å². The molecule has 8 heteroatoms. The van der Waals surface area contributed by atoms with Gasteiger partial charge in [-0.05, 0) is 55.8 Å². The average molecular weight is 404 g/mol. The van der Waals surface area contributed by atoms with E-state index in [1.165, 1.54) is 24.1 Å². The van der Waals surface area contributed by atoms with Crippen LogP contribution in [-0.4, -0.2) is 41.6 Å². The van der Waals surface area contributed by atoms with Gasteiger partial charge in [0.2, 0.25) is 5.91 Å². The molecule has 2 aromatic carbocycles. The van der Waals surface area contributed by atoms with Crippen LogP contribution in [0.15, 0.2) is 53.4 Å². The van der Waals surface area contributed by atoms with Gasteiger partial charge >= 0.3 is 0 Å². The fourth-order valence-electron chi connectivity index (χ4n) is 3.27. The third-order valence-corrected chi connectivity index (χ3v) is 6.24. The highest BCUT2D eigenvalue weighted by molar-refractivity contribution is 7.92. The molecule has 0 aliphatic carbocycles. The molecule has 0 saturated carbocycles. The van der Waals surface area contributed by atoms with Gasteiger partial charge in [0.25, 0.3) is 10.0 Å². The zero-order valence-corrected chi connectivity index (χ0v) is 16.8. The van der Waals surface area contributed by atoms with E-state index < -0.39 is 10.0 Å². The molecule has 1 aliphatic rings. The molecule has 3 rings (SSSR count). The summed E-state index contributed by atoms with van der Waals surface area (Å²) in [7, 11) is -0.602. The van der Waals surface area contributed by atoms with Gasteiger partial charge < -0.3 is 15.0 Å². The smallest absolute Gasteiger partial charge is 0.261 e. The van der Waals surface area contributed by atoms with E-state index in [2.05, 4.69) is 10.0 Å². The predicted octanol–water partition coefficient (Wildman–Crippen LogP) is 2.46. The maximum atomic E-state index is 12.9. The van der Waals surface area contributed by atoms with E-state index in [0.717, 1.165) is 19.4 Å². The van der Waals surface area contributed by atoms with E-state index in [0.29, 0.717) is 23.7 Å². The first-order valence-corrected chi connectivity index (χ1v) is 10.6. The van der Waals surface area contributed by atoms with Crippen LogP contribution >= 0.6 is 0 Å². The number of methoxy groups -OCH3 is 1. The molecule has 1 unspecified atom stereocenters. The number of hydrogen-bond acceptors (Lipinski definition) is 5. The van der Waals surface area contributed by atoms with Crippen molar-refractivity contribution in [2.45, 2.75) is 17.7 Å². The zero-order chi connectivity index (χ0) is 20.1. The predicted molar refractivity (Wildman–Crippen MR) is 109 cm³/mol. The summed E-state index contributed by atoms with van der Waals surface area (Å²) in [6.45, 7) is 1.56. The number of anilines is 2. The van der Waals surface area contributed by atoms with Crippen LogP contribution in [0.2, 0.25) is 0 Å². The minimum Gasteiger partial charge on any atom is -0.497 e. The largest absolute Gasteiger partial charge is 0.497 e. The highest BCUT2D eigenvalue weighted by Crippen LogP contribution is 2.29. The number of piperidine rings is 1. The average Bonchev–Trinajstić information content (AvgIpc) is 2.73. The Morgan fingerprint density at radius 2 is 1.89 bits per heavy atom. The number of para-hydroxylation sites is 2. The molecule has 28 heavy (non-hydrogen) atoms. The molecule has 1 fully saturated rings. The first-order chi connectivity index (χ1) is 13.4. The van der Waals surface area contributed by atoms with E-state index >= 15 is 0 Å². The van der Waals surface area contributed by atoms with Gasteiger partial charge in [-0.3, -0.25) is 9.52 Å². The van der Waals surface area contributed by atoms with Gasteiger partial charge in [0, 0.05) is 13.6 Å². The fraction of sp³-hybridized carbons (Fsp3) is 0.350. The second-order valence-corrected chi connectivity index (χ2v) is 8.42. The number of nitrogens with one attached hydrogen (secondary N) is 2. The number of nitrogens with zero attached hydrogens (tertiary/aromatic N) is 1. The number of benzene rings is 2. The minimum absolute atomic E-state index is 0.0247. The Bertz CT molecular complexity index is 923. The van der Waals surface area contributed by atoms with Crippen LogP contribution in [0.4, 0.5) is 11.4 Å². The van der Waals surface area contributed by atoms with Crippen molar-refractivity contribution in [2.24, 2.45) is 5.92 Å². The van der Waals surface area contributed by atoms with Crippen LogP contribution in [0.5, 0.6) is 5.75 Å². The molecule has 0 spiro atoms. The lowest BCUT2D eigenvalue weighted by molar-refractivity contribution is -0.122. The minimum atomic E-state index is -3.80. The summed E-state index contributed by atoms with van der Waals surface area (Å²) in [5, 5.41) is 3.24. The Hall–Kier alpha value is -2.58. The van der Waals surface area contributed by atoms with Crippen LogP contribution < -0.4 is 19.7 Å². The van der Waals surface area contributed by atoms with Crippen LogP contribution in [0.1, 0.15) is 12.8 Å². The monoisotopic (exact) mass is 403 g/mol. The van der Waals surface area contributed by atoms with E-state index in [4.69, 9.17) is 4.74 Å². The molecule has 2 aromatic rings. The van der Waals surface area contributed by atoms with Crippen LogP contribution in [0.3, 0.4) is 0 Å². The number of hydrogen-bond donors (Lipinski definition) is 2. The molecule has 1 saturated heterocycles. The molecule has 150 valence electrons. The Morgan fingerprint density at radius 3 is 2.54 bits per heavy atom. The lowest BCUT2D eigenvalue weighted by Gasteiger charge is -2.28. The van der Waals surface area contributed by atoms with Crippen molar-refractivity contribution in [3.8, 4) is 5.75 Å². The first-order valence-electron chi connectivity index (χ1n) is 9.16. The molecule has 1 aliphatic heterocycles. The standard InChI is InChI=1S/C20H25N3O4S/c1-23(20(24)15-6-5-13-21-14-15)19-8-4-3-7-18(19)22-28(25,26)17-11-9-16(27-2)10-12-17/h3-4,7-12,15,21-22H,5-6,13-14H2,1-2H3. The molecule has 1 amide bonds. The number of sulfonamides is 1. The third-order valence-electron chi connectivity index (χ3n) is 4.86. The molecule has 0 radical (unpaired) electrons. The Balaban J connectivity index is 1.83. The molecular weight excluding hydrogens is 378 g/mol. The summed E-state index contributed by atoms with van der Waals surface area (Å²) in [5.74, 6) is 0.444. The highest BCUT2D eigenvalue weighted by Gasteiger charge is 2.26. The first kappa shape index (κ1) is 20.2. The van der Waals surface area contributed by atoms with Gasteiger partial charge in [-0.25, -0.2) is 8.42 Å². The number of carbonyl (C=O) groups is 1. The normalized spacial score (nSPS) is 17.0. The number of amides is 1. The number of rotatable bonds is 6. The molecule has 2 N–H and O–H groups in total. The third kappa shape index (κ3) is 4.45. The van der Waals surface area contributed by atoms with Gasteiger partial charge in [0.15, 0.2) is 0 Å². The summed E-state index contributed by atoms with van der Waals surface area (Å²) in [5.41, 5.74) is 0.882. The van der Waals surface area contributed by atoms with Crippen LogP contribution in [0.25, 0.3) is 0 Å². The van der Waals surface area contributed by atoms with Crippen LogP contribution in [0, 0.1) is 5.92 Å². The lowest BCUT2D eigenvalue weighted by Crippen LogP contribution is -2.41. The summed E-state index contributed by atoms with van der Waals surface area (Å²) >= 11 is 0. The van der Waals surface area contributed by atoms with Crippen molar-refractivity contribution in [1.82, 2.24) is 5.32 Å². The van der Waals surface area contributed by atoms with E-state index in [1.807, 2.05) is 0 Å². The molecular formula is C20H25N3O4S. The van der Waals surface area contributed by atoms with Crippen molar-refractivity contribution in [2.75, 3.05) is 36.9 Å². The SMILES string of the molecule is COc1ccc(S(=O)(=O)Nc2ccccc2N(C)C(=O)C2CCCNC2)cc1. The molecule has 0 bridgehead atoms. The van der Waals surface area contributed by atoms with Crippen molar-refractivity contribution < 1.29 is 17.9 Å². The fourth-order valence-corrected chi connectivity index (χ4v) is 4.34. The lowest BCUT2D eigenvalue weighted by atomic mass is 9.98. The van der Waals surface area contributed by atoms with E-state index in [-0.39, 0.29) is 16.7 Å². The second-order valence-electron chi connectivity index (χ2n) is 6.74. The highest BCUT2D eigenvalue weighted by atomic mass is 32.2. The summed E-state index contributed by atoms with van der Waals surface area (Å²) in [4.78, 5) is 14.5. The number of ether oxygens (including phenoxy) is 1. The molecule has 1 heterocycles. The van der Waals surface area contributed by atoms with Gasteiger partial charge in [0.05, 0.1) is 29.3 Å². The maximum absolute atomic E-state index is 12.9. The van der Waals surface area contributed by atoms with Gasteiger partial charge in [-0.15, -0.1) is 0 Å². The quantitative estimate of drug-likeness (QED) is 0.774. The van der Waals surface area contributed by atoms with Gasteiger partial charge in [-0.1, -0.05) is 12.1 Å². The van der Waals surface area contributed by atoms with Crippen molar-refractivity contribution in [3.63, 3.8) is 0 Å². The molecule has 1 atom stereocenters. The van der Waals surface area contributed by atoms with Crippen LogP contribution in [-0.2, 0) is 14.8 Å². The molecule has 0 aromatic heterocycles. The second kappa shape index (κ2) is 8.62. The zero-order valence-electron chi connectivity index (χ0n) is 16.0. The van der Waals surface area contributed by atoms with E-state index in [9.17, 15) is 13.2 Å². The van der Waals surface area contributed by atoms with E-state index in [1.54, 1.807) is 43.4 Å². The summed E-state index contributed by atoms with van der Waals surface area (Å²) in [6, 6.07) is 13.0. The Labute approximate surface area is 165 Å². The van der Waals surface area contributed by atoms with Gasteiger partial charge in [0.1, 0.15) is 5.75 Å². The Morgan fingerprint density at radius 1 is 1.18 bits per heavy atom. The topological polar surface area (TPSA) is 87.7 Å². The van der Waals surface area contributed by atoms with Crippen molar-refractivity contribution >= 4 is 27.3 Å². The number of carbonyl (C=O) groups excluding carboxylic acids is 1. The summed E-state index contributed by atoms with van der Waals surface area (Å²) in [6.07, 6.45) is 1.78. The van der Waals surface area contributed by atoms with Gasteiger partial charge in [-0.2, -0.15) is 0 Å². The molecule has 7 nitrogen and oxygen atoms in total. The maximum Gasteiger partial charge on any atom is 0.261 e. The Kier molecular flexibility index (Phi) is 6.21. The summed E-state index contributed by atoms with van der Waals surface area (Å²) < 4.78 is 33.2. The van der Waals surface area contributed by atoms with Crippen molar-refractivity contribution in [3.05, 3.63) is 48.5 Å².